The molecule has 3 rings (SSSR count). The van der Waals surface area contributed by atoms with Crippen LogP contribution in [-0.2, 0) is 10.0 Å². The highest BCUT2D eigenvalue weighted by molar-refractivity contribution is 7.89. The van der Waals surface area contributed by atoms with E-state index in [-0.39, 0.29) is 17.0 Å². The zero-order chi connectivity index (χ0) is 19.4. The molecule has 2 N–H and O–H groups in total. The van der Waals surface area contributed by atoms with Crippen LogP contribution in [0.2, 0.25) is 0 Å². The van der Waals surface area contributed by atoms with E-state index in [9.17, 15) is 13.2 Å². The Hall–Kier alpha value is -2.38. The van der Waals surface area contributed by atoms with Crippen molar-refractivity contribution in [3.8, 4) is 0 Å². The molecule has 0 atom stereocenters. The van der Waals surface area contributed by atoms with Gasteiger partial charge in [-0.1, -0.05) is 24.3 Å². The third-order valence-electron chi connectivity index (χ3n) is 4.92. The molecule has 0 spiro atoms. The van der Waals surface area contributed by atoms with Gasteiger partial charge in [0.2, 0.25) is 10.0 Å². The summed E-state index contributed by atoms with van der Waals surface area (Å²) in [7, 11) is -3.55. The van der Waals surface area contributed by atoms with Crippen LogP contribution in [0, 0.1) is 13.8 Å². The molecule has 6 nitrogen and oxygen atoms in total. The smallest absolute Gasteiger partial charge is 0.321 e. The van der Waals surface area contributed by atoms with E-state index in [2.05, 4.69) is 10.0 Å². The minimum atomic E-state index is -3.55. The molecule has 0 bridgehead atoms. The Kier molecular flexibility index (Phi) is 5.82. The number of likely N-dealkylation sites (tertiary alicyclic amines) is 1. The zero-order valence-electron chi connectivity index (χ0n) is 15.6. The van der Waals surface area contributed by atoms with Gasteiger partial charge < -0.3 is 10.2 Å². The second-order valence-corrected chi connectivity index (χ2v) is 8.64. The molecule has 1 heterocycles. The molecule has 0 aromatic heterocycles. The summed E-state index contributed by atoms with van der Waals surface area (Å²) in [4.78, 5) is 14.3. The quantitative estimate of drug-likeness (QED) is 0.845. The zero-order valence-corrected chi connectivity index (χ0v) is 16.4. The number of para-hydroxylation sites is 1. The van der Waals surface area contributed by atoms with E-state index in [4.69, 9.17) is 0 Å². The fourth-order valence-corrected chi connectivity index (χ4v) is 4.48. The first kappa shape index (κ1) is 19.4. The van der Waals surface area contributed by atoms with Crippen LogP contribution in [0.4, 0.5) is 10.5 Å². The van der Waals surface area contributed by atoms with Crippen molar-refractivity contribution in [1.82, 2.24) is 9.62 Å². The monoisotopic (exact) mass is 387 g/mol. The molecule has 2 aromatic carbocycles. The van der Waals surface area contributed by atoms with E-state index in [0.29, 0.717) is 25.9 Å². The molecule has 0 saturated carbocycles. The van der Waals surface area contributed by atoms with Gasteiger partial charge in [0.1, 0.15) is 0 Å². The highest BCUT2D eigenvalue weighted by Gasteiger charge is 2.26. The molecule has 1 aliphatic heterocycles. The highest BCUT2D eigenvalue weighted by Crippen LogP contribution is 2.18. The minimum absolute atomic E-state index is 0.156. The van der Waals surface area contributed by atoms with Crippen molar-refractivity contribution in [3.63, 3.8) is 0 Å². The average Bonchev–Trinajstić information content (AvgIpc) is 2.65. The van der Waals surface area contributed by atoms with Crippen molar-refractivity contribution in [2.75, 3.05) is 18.4 Å². The number of carbonyl (C=O) groups is 1. The van der Waals surface area contributed by atoms with Crippen LogP contribution in [0.15, 0.2) is 53.4 Å². The Morgan fingerprint density at radius 2 is 1.67 bits per heavy atom. The maximum atomic E-state index is 12.6. The third-order valence-corrected chi connectivity index (χ3v) is 6.44. The largest absolute Gasteiger partial charge is 0.324 e. The second kappa shape index (κ2) is 8.10. The molecule has 2 aromatic rings. The molecule has 0 unspecified atom stereocenters. The third kappa shape index (κ3) is 4.87. The minimum Gasteiger partial charge on any atom is -0.324 e. The summed E-state index contributed by atoms with van der Waals surface area (Å²) >= 11 is 0. The van der Waals surface area contributed by atoms with Gasteiger partial charge in [-0.2, -0.15) is 0 Å². The van der Waals surface area contributed by atoms with E-state index >= 15 is 0 Å². The molecule has 27 heavy (non-hydrogen) atoms. The number of aryl methyl sites for hydroxylation is 2. The number of nitrogens with one attached hydrogen (secondary N) is 2. The molecular formula is C20H25N3O3S. The summed E-state index contributed by atoms with van der Waals surface area (Å²) in [6.45, 7) is 4.88. The van der Waals surface area contributed by atoms with E-state index < -0.39 is 10.0 Å². The Bertz CT molecular complexity index is 905. The number of hydrogen-bond acceptors (Lipinski definition) is 3. The first-order valence-electron chi connectivity index (χ1n) is 9.06. The Morgan fingerprint density at radius 1 is 1.00 bits per heavy atom. The van der Waals surface area contributed by atoms with E-state index in [1.165, 1.54) is 0 Å². The fraction of sp³-hybridized carbons (Fsp3) is 0.350. The van der Waals surface area contributed by atoms with Gasteiger partial charge in [0.05, 0.1) is 4.90 Å². The van der Waals surface area contributed by atoms with Crippen molar-refractivity contribution >= 4 is 21.7 Å². The molecule has 0 aliphatic carbocycles. The van der Waals surface area contributed by atoms with Crippen molar-refractivity contribution in [2.24, 2.45) is 0 Å². The normalized spacial score (nSPS) is 15.6. The predicted octanol–water partition coefficient (Wildman–Crippen LogP) is 3.28. The topological polar surface area (TPSA) is 78.5 Å². The molecule has 1 aliphatic rings. The van der Waals surface area contributed by atoms with Gasteiger partial charge in [-0.25, -0.2) is 17.9 Å². The maximum absolute atomic E-state index is 12.6. The number of hydrogen-bond donors (Lipinski definition) is 2. The van der Waals surface area contributed by atoms with Gasteiger partial charge in [-0.15, -0.1) is 0 Å². The van der Waals surface area contributed by atoms with E-state index in [1.54, 1.807) is 17.0 Å². The van der Waals surface area contributed by atoms with Crippen molar-refractivity contribution < 1.29 is 13.2 Å². The summed E-state index contributed by atoms with van der Waals surface area (Å²) in [5.41, 5.74) is 2.76. The SMILES string of the molecule is Cc1ccc(S(=O)(=O)NC2CCN(C(=O)Nc3ccccc3)CC2)cc1C. The van der Waals surface area contributed by atoms with Gasteiger partial charge in [-0.3, -0.25) is 0 Å². The van der Waals surface area contributed by atoms with Gasteiger partial charge >= 0.3 is 6.03 Å². The molecule has 7 heteroatoms. The number of anilines is 1. The lowest BCUT2D eigenvalue weighted by Gasteiger charge is -2.32. The number of carbonyl (C=O) groups excluding carboxylic acids is 1. The van der Waals surface area contributed by atoms with E-state index in [1.807, 2.05) is 50.2 Å². The number of benzene rings is 2. The highest BCUT2D eigenvalue weighted by atomic mass is 32.2. The summed E-state index contributed by atoms with van der Waals surface area (Å²) in [5, 5.41) is 2.86. The van der Waals surface area contributed by atoms with Crippen LogP contribution in [0.1, 0.15) is 24.0 Å². The van der Waals surface area contributed by atoms with Crippen molar-refractivity contribution in [3.05, 3.63) is 59.7 Å². The number of piperidine rings is 1. The second-order valence-electron chi connectivity index (χ2n) is 6.92. The number of nitrogens with zero attached hydrogens (tertiary/aromatic N) is 1. The van der Waals surface area contributed by atoms with Crippen LogP contribution in [-0.4, -0.2) is 38.5 Å². The summed E-state index contributed by atoms with van der Waals surface area (Å²) < 4.78 is 28.0. The molecule has 2 amide bonds. The van der Waals surface area contributed by atoms with Gasteiger partial charge in [-0.05, 0) is 62.1 Å². The lowest BCUT2D eigenvalue weighted by molar-refractivity contribution is 0.193. The van der Waals surface area contributed by atoms with Crippen LogP contribution in [0.25, 0.3) is 0 Å². The number of sulfonamides is 1. The van der Waals surface area contributed by atoms with Crippen LogP contribution in [0.3, 0.4) is 0 Å². The van der Waals surface area contributed by atoms with E-state index in [0.717, 1.165) is 16.8 Å². The lowest BCUT2D eigenvalue weighted by atomic mass is 10.1. The summed E-state index contributed by atoms with van der Waals surface area (Å²) in [6, 6.07) is 14.1. The summed E-state index contributed by atoms with van der Waals surface area (Å²) in [5.74, 6) is 0. The van der Waals surface area contributed by atoms with Crippen LogP contribution >= 0.6 is 0 Å². The standard InChI is InChI=1S/C20H25N3O3S/c1-15-8-9-19(14-16(15)2)27(25,26)22-18-10-12-23(13-11-18)20(24)21-17-6-4-3-5-7-17/h3-9,14,18,22H,10-13H2,1-2H3,(H,21,24). The first-order chi connectivity index (χ1) is 12.8. The average molecular weight is 388 g/mol. The number of urea groups is 1. The van der Waals surface area contributed by atoms with Crippen LogP contribution in [0.5, 0.6) is 0 Å². The van der Waals surface area contributed by atoms with Crippen molar-refractivity contribution in [1.29, 1.82) is 0 Å². The molecule has 1 saturated heterocycles. The first-order valence-corrected chi connectivity index (χ1v) is 10.5. The molecule has 144 valence electrons. The maximum Gasteiger partial charge on any atom is 0.321 e. The van der Waals surface area contributed by atoms with Crippen LogP contribution < -0.4 is 10.0 Å². The van der Waals surface area contributed by atoms with Gasteiger partial charge in [0, 0.05) is 24.8 Å². The number of rotatable bonds is 4. The number of amides is 2. The van der Waals surface area contributed by atoms with Crippen molar-refractivity contribution in [2.45, 2.75) is 37.6 Å². The molecule has 1 fully saturated rings. The molecule has 0 radical (unpaired) electrons. The van der Waals surface area contributed by atoms with Gasteiger partial charge in [0.15, 0.2) is 0 Å². The Balaban J connectivity index is 1.55. The summed E-state index contributed by atoms with van der Waals surface area (Å²) in [6.07, 6.45) is 1.18. The van der Waals surface area contributed by atoms with Gasteiger partial charge in [0.25, 0.3) is 0 Å². The molecular weight excluding hydrogens is 362 g/mol. The fourth-order valence-electron chi connectivity index (χ4n) is 3.09. The predicted molar refractivity (Wildman–Crippen MR) is 106 cm³/mol. The Labute approximate surface area is 160 Å². The lowest BCUT2D eigenvalue weighted by Crippen LogP contribution is -2.47. The Morgan fingerprint density at radius 3 is 2.30 bits per heavy atom.